The molecule has 1 fully saturated rings. The zero-order valence-corrected chi connectivity index (χ0v) is 20.8. The first-order chi connectivity index (χ1) is 16.5. The van der Waals surface area contributed by atoms with Crippen molar-refractivity contribution in [3.63, 3.8) is 0 Å². The number of benzene rings is 3. The number of anilines is 1. The molecule has 1 aromatic heterocycles. The molecule has 0 radical (unpaired) electrons. The van der Waals surface area contributed by atoms with Gasteiger partial charge in [0.25, 0.3) is 5.91 Å². The van der Waals surface area contributed by atoms with E-state index in [9.17, 15) is 4.79 Å². The van der Waals surface area contributed by atoms with Gasteiger partial charge in [0.05, 0.1) is 15.0 Å². The lowest BCUT2D eigenvalue weighted by Crippen LogP contribution is -2.30. The predicted octanol–water partition coefficient (Wildman–Crippen LogP) is 7.16. The lowest BCUT2D eigenvalue weighted by atomic mass is 10.1. The van der Waals surface area contributed by atoms with Crippen LogP contribution in [0.15, 0.2) is 77.8 Å². The summed E-state index contributed by atoms with van der Waals surface area (Å²) < 4.78 is 2.17. The zero-order chi connectivity index (χ0) is 23.7. The molecular weight excluding hydrogens is 485 g/mol. The highest BCUT2D eigenvalue weighted by Crippen LogP contribution is 2.33. The molecule has 0 spiro atoms. The summed E-state index contributed by atoms with van der Waals surface area (Å²) in [6.45, 7) is 2.78. The molecule has 5 rings (SSSR count). The van der Waals surface area contributed by atoms with Crippen molar-refractivity contribution in [2.75, 3.05) is 5.32 Å². The summed E-state index contributed by atoms with van der Waals surface area (Å²) in [5.41, 5.74) is 5.20. The average Bonchev–Trinajstić information content (AvgIpc) is 3.36. The molecule has 3 aromatic carbocycles. The van der Waals surface area contributed by atoms with Crippen LogP contribution in [0.4, 0.5) is 5.69 Å². The highest BCUT2D eigenvalue weighted by atomic mass is 35.5. The molecule has 0 aliphatic carbocycles. The van der Waals surface area contributed by atoms with E-state index >= 15 is 0 Å². The van der Waals surface area contributed by atoms with Gasteiger partial charge in [0.1, 0.15) is 0 Å². The fourth-order valence-corrected chi connectivity index (χ4v) is 5.35. The van der Waals surface area contributed by atoms with Crippen molar-refractivity contribution in [1.82, 2.24) is 9.88 Å². The summed E-state index contributed by atoms with van der Waals surface area (Å²) in [5, 5.41) is 8.58. The molecule has 0 saturated carbocycles. The number of fused-ring (bicyclic) bond motifs is 1. The number of aromatic nitrogens is 1. The number of aryl methyl sites for hydroxylation is 1. The Kier molecular flexibility index (Phi) is 6.59. The van der Waals surface area contributed by atoms with Crippen LogP contribution in [0.25, 0.3) is 17.0 Å². The maximum atomic E-state index is 12.7. The second kappa shape index (κ2) is 9.79. The second-order valence-corrected chi connectivity index (χ2v) is 10.1. The maximum absolute atomic E-state index is 12.7. The number of thioether (sulfide) groups is 1. The first-order valence-corrected chi connectivity index (χ1v) is 12.7. The number of para-hydroxylation sites is 1. The molecule has 1 aliphatic heterocycles. The Bertz CT molecular complexity index is 1400. The van der Waals surface area contributed by atoms with Crippen molar-refractivity contribution in [3.05, 3.63) is 105 Å². The lowest BCUT2D eigenvalue weighted by molar-refractivity contribution is -0.116. The van der Waals surface area contributed by atoms with E-state index < -0.39 is 0 Å². The van der Waals surface area contributed by atoms with Crippen molar-refractivity contribution < 1.29 is 4.79 Å². The molecule has 34 heavy (non-hydrogen) atoms. The van der Waals surface area contributed by atoms with Crippen molar-refractivity contribution in [2.24, 2.45) is 0 Å². The summed E-state index contributed by atoms with van der Waals surface area (Å²) in [7, 11) is 0. The van der Waals surface area contributed by atoms with Crippen LogP contribution in [0.1, 0.15) is 23.6 Å². The second-order valence-electron chi connectivity index (χ2n) is 8.15. The fraction of sp³-hybridized carbons (Fsp3) is 0.148. The number of amides is 1. The molecule has 0 bridgehead atoms. The van der Waals surface area contributed by atoms with Crippen LogP contribution < -0.4 is 10.6 Å². The van der Waals surface area contributed by atoms with Gasteiger partial charge < -0.3 is 15.2 Å². The summed E-state index contributed by atoms with van der Waals surface area (Å²) >= 11 is 13.8. The van der Waals surface area contributed by atoms with Crippen LogP contribution >= 0.6 is 35.0 Å². The van der Waals surface area contributed by atoms with E-state index in [4.69, 9.17) is 23.2 Å². The Hall–Kier alpha value is -2.86. The van der Waals surface area contributed by atoms with Crippen LogP contribution in [-0.2, 0) is 17.8 Å². The topological polar surface area (TPSA) is 46.1 Å². The Balaban J connectivity index is 1.39. The van der Waals surface area contributed by atoms with Crippen LogP contribution in [0, 0.1) is 0 Å². The monoisotopic (exact) mass is 507 g/mol. The minimum atomic E-state index is -0.212. The number of carbonyl (C=O) groups is 1. The third kappa shape index (κ3) is 4.83. The van der Waals surface area contributed by atoms with Gasteiger partial charge in [0, 0.05) is 34.9 Å². The average molecular weight is 508 g/mol. The summed E-state index contributed by atoms with van der Waals surface area (Å²) in [6, 6.07) is 22.2. The van der Waals surface area contributed by atoms with Crippen molar-refractivity contribution in [1.29, 1.82) is 0 Å². The number of nitrogens with zero attached hydrogens (tertiary/aromatic N) is 1. The van der Waals surface area contributed by atoms with Crippen molar-refractivity contribution >= 4 is 63.5 Å². The van der Waals surface area contributed by atoms with Crippen molar-refractivity contribution in [2.45, 2.75) is 25.4 Å². The summed E-state index contributed by atoms with van der Waals surface area (Å²) in [6.07, 6.45) is 5.05. The molecular formula is C27H23Cl2N3OS. The maximum Gasteiger partial charge on any atom is 0.260 e. The lowest BCUT2D eigenvalue weighted by Gasteiger charge is -2.12. The molecule has 7 heteroatoms. The summed E-state index contributed by atoms with van der Waals surface area (Å²) in [4.78, 5) is 13.4. The minimum absolute atomic E-state index is 0.0750. The van der Waals surface area contributed by atoms with Crippen molar-refractivity contribution in [3.8, 4) is 0 Å². The van der Waals surface area contributed by atoms with Gasteiger partial charge in [-0.25, -0.2) is 0 Å². The van der Waals surface area contributed by atoms with E-state index in [1.165, 1.54) is 17.3 Å². The normalized spacial score (nSPS) is 16.9. The smallest absolute Gasteiger partial charge is 0.260 e. The third-order valence-electron chi connectivity index (χ3n) is 5.83. The van der Waals surface area contributed by atoms with Gasteiger partial charge in [0.2, 0.25) is 0 Å². The quantitative estimate of drug-likeness (QED) is 0.272. The molecule has 172 valence electrons. The SMILES string of the molecule is CCc1ccc(N[C@H]2NC(=O)/C(=C/c3cn(Cc4ccc(Cl)c(Cl)c4)c4ccccc34)S2)cc1. The Labute approximate surface area is 212 Å². The van der Waals surface area contributed by atoms with Crippen LogP contribution in [0.5, 0.6) is 0 Å². The largest absolute Gasteiger partial charge is 0.357 e. The number of hydrogen-bond acceptors (Lipinski definition) is 3. The molecule has 4 nitrogen and oxygen atoms in total. The Morgan fingerprint density at radius 2 is 1.79 bits per heavy atom. The van der Waals surface area contributed by atoms with Gasteiger partial charge in [0.15, 0.2) is 5.50 Å². The van der Waals surface area contributed by atoms with Crippen LogP contribution in [0.3, 0.4) is 0 Å². The highest BCUT2D eigenvalue weighted by Gasteiger charge is 2.27. The number of hydrogen-bond donors (Lipinski definition) is 2. The van der Waals surface area contributed by atoms with Crippen LogP contribution in [-0.4, -0.2) is 16.0 Å². The van der Waals surface area contributed by atoms with Crippen LogP contribution in [0.2, 0.25) is 10.0 Å². The Morgan fingerprint density at radius 3 is 2.56 bits per heavy atom. The molecule has 1 aliphatic rings. The van der Waals surface area contributed by atoms with Gasteiger partial charge in [-0.05, 0) is 54.0 Å². The third-order valence-corrected chi connectivity index (χ3v) is 7.60. The molecule has 4 aromatic rings. The van der Waals surface area contributed by atoms with E-state index in [1.807, 2.05) is 48.5 Å². The summed E-state index contributed by atoms with van der Waals surface area (Å²) in [5.74, 6) is -0.0750. The van der Waals surface area contributed by atoms with E-state index in [2.05, 4.69) is 52.6 Å². The number of carbonyl (C=O) groups excluding carboxylic acids is 1. The molecule has 0 unspecified atom stereocenters. The first-order valence-electron chi connectivity index (χ1n) is 11.1. The first kappa shape index (κ1) is 22.9. The van der Waals surface area contributed by atoms with E-state index in [0.717, 1.165) is 34.1 Å². The van der Waals surface area contributed by atoms with E-state index in [0.29, 0.717) is 21.5 Å². The molecule has 1 saturated heterocycles. The number of rotatable bonds is 6. The fourth-order valence-electron chi connectivity index (χ4n) is 4.05. The van der Waals surface area contributed by atoms with Gasteiger partial charge in [-0.2, -0.15) is 0 Å². The molecule has 2 N–H and O–H groups in total. The standard InChI is InChI=1S/C27H23Cl2N3OS/c1-2-17-7-10-20(11-8-17)30-27-31-26(33)25(34-27)14-19-16-32(24-6-4-3-5-21(19)24)15-18-9-12-22(28)23(29)13-18/h3-14,16,27,30H,2,15H2,1H3,(H,31,33)/b25-14-/t27-/m0/s1. The zero-order valence-electron chi connectivity index (χ0n) is 18.5. The Morgan fingerprint density at radius 1 is 1.03 bits per heavy atom. The van der Waals surface area contributed by atoms with Gasteiger partial charge >= 0.3 is 0 Å². The molecule has 1 amide bonds. The van der Waals surface area contributed by atoms with Gasteiger partial charge in [-0.15, -0.1) is 0 Å². The molecule has 2 heterocycles. The number of halogens is 2. The highest BCUT2D eigenvalue weighted by molar-refractivity contribution is 8.05. The predicted molar refractivity (Wildman–Crippen MR) is 144 cm³/mol. The number of nitrogens with one attached hydrogen (secondary N) is 2. The van der Waals surface area contributed by atoms with Gasteiger partial charge in [-0.3, -0.25) is 4.79 Å². The van der Waals surface area contributed by atoms with E-state index in [-0.39, 0.29) is 11.4 Å². The van der Waals surface area contributed by atoms with Gasteiger partial charge in [-0.1, -0.05) is 78.3 Å². The molecule has 1 atom stereocenters. The minimum Gasteiger partial charge on any atom is -0.357 e. The van der Waals surface area contributed by atoms with E-state index in [1.54, 1.807) is 0 Å².